The quantitative estimate of drug-likeness (QED) is 0.748. The third kappa shape index (κ3) is 1.52. The predicted molar refractivity (Wildman–Crippen MR) is 84.5 cm³/mol. The SMILES string of the molecule is Cc1cc2c(cc1C)C13C[C@H](C)[C@@H](C=O)[C@@H]1CC(=O)N3CC2. The summed E-state index contributed by atoms with van der Waals surface area (Å²) in [5.74, 6) is 0.772. The smallest absolute Gasteiger partial charge is 0.223 e. The molecule has 0 aromatic heterocycles. The average Bonchev–Trinajstić information content (AvgIpc) is 2.89. The maximum atomic E-state index is 12.6. The molecule has 1 unspecified atom stereocenters. The van der Waals surface area contributed by atoms with Gasteiger partial charge in [0.25, 0.3) is 0 Å². The van der Waals surface area contributed by atoms with Crippen molar-refractivity contribution in [3.63, 3.8) is 0 Å². The van der Waals surface area contributed by atoms with Gasteiger partial charge in [0, 0.05) is 24.8 Å². The fraction of sp³-hybridized carbons (Fsp3) is 0.579. The lowest BCUT2D eigenvalue weighted by Crippen LogP contribution is -2.49. The van der Waals surface area contributed by atoms with Gasteiger partial charge in [0.05, 0.1) is 5.54 Å². The van der Waals surface area contributed by atoms with Crippen molar-refractivity contribution < 1.29 is 9.59 Å². The molecule has 116 valence electrons. The van der Waals surface area contributed by atoms with Crippen LogP contribution in [-0.2, 0) is 21.5 Å². The highest BCUT2D eigenvalue weighted by atomic mass is 16.2. The van der Waals surface area contributed by atoms with Crippen LogP contribution >= 0.6 is 0 Å². The van der Waals surface area contributed by atoms with E-state index in [1.807, 2.05) is 0 Å². The highest BCUT2D eigenvalue weighted by Crippen LogP contribution is 2.60. The topological polar surface area (TPSA) is 37.4 Å². The number of hydrogen-bond donors (Lipinski definition) is 0. The summed E-state index contributed by atoms with van der Waals surface area (Å²) in [5.41, 5.74) is 5.11. The summed E-state index contributed by atoms with van der Waals surface area (Å²) in [5, 5.41) is 0. The first kappa shape index (κ1) is 14.0. The molecule has 3 nitrogen and oxygen atoms in total. The standard InChI is InChI=1S/C19H23NO2/c1-11-6-14-4-5-20-18(22)8-17-15(10-21)13(3)9-19(17,20)16(14)7-12(11)2/h6-7,10,13,15,17H,4-5,8-9H2,1-3H3/t13-,15+,17-,19?/m0/s1. The minimum absolute atomic E-state index is 0.0153. The monoisotopic (exact) mass is 297 g/mol. The summed E-state index contributed by atoms with van der Waals surface area (Å²) in [6.45, 7) is 7.28. The number of aryl methyl sites for hydroxylation is 2. The molecule has 1 aromatic rings. The lowest BCUT2D eigenvalue weighted by atomic mass is 9.73. The molecule has 2 aliphatic heterocycles. The van der Waals surface area contributed by atoms with Gasteiger partial charge in [-0.15, -0.1) is 0 Å². The summed E-state index contributed by atoms with van der Waals surface area (Å²) in [7, 11) is 0. The van der Waals surface area contributed by atoms with Crippen molar-refractivity contribution in [1.82, 2.24) is 4.90 Å². The Labute approximate surface area is 131 Å². The summed E-state index contributed by atoms with van der Waals surface area (Å²) in [6, 6.07) is 4.60. The number of carbonyl (C=O) groups excluding carboxylic acids is 2. The molecule has 2 heterocycles. The van der Waals surface area contributed by atoms with E-state index in [9.17, 15) is 9.59 Å². The number of hydrogen-bond acceptors (Lipinski definition) is 2. The highest BCUT2D eigenvalue weighted by Gasteiger charge is 2.63. The number of fused-ring (bicyclic) bond motifs is 1. The summed E-state index contributed by atoms with van der Waals surface area (Å²) < 4.78 is 0. The fourth-order valence-corrected chi connectivity index (χ4v) is 5.36. The zero-order valence-corrected chi connectivity index (χ0v) is 13.6. The van der Waals surface area contributed by atoms with E-state index in [1.54, 1.807) is 0 Å². The Hall–Kier alpha value is -1.64. The molecule has 0 N–H and O–H groups in total. The van der Waals surface area contributed by atoms with Crippen molar-refractivity contribution in [2.75, 3.05) is 6.54 Å². The van der Waals surface area contributed by atoms with Crippen molar-refractivity contribution in [2.45, 2.75) is 45.6 Å². The molecule has 3 heteroatoms. The average molecular weight is 297 g/mol. The van der Waals surface area contributed by atoms with Gasteiger partial charge < -0.3 is 9.69 Å². The summed E-state index contributed by atoms with van der Waals surface area (Å²) in [4.78, 5) is 26.3. The normalized spacial score (nSPS) is 36.0. The van der Waals surface area contributed by atoms with Gasteiger partial charge in [0.2, 0.25) is 5.91 Å². The number of amides is 1. The minimum Gasteiger partial charge on any atom is -0.332 e. The van der Waals surface area contributed by atoms with Gasteiger partial charge in [-0.1, -0.05) is 19.1 Å². The molecule has 22 heavy (non-hydrogen) atoms. The van der Waals surface area contributed by atoms with Crippen molar-refractivity contribution >= 4 is 12.2 Å². The zero-order chi connectivity index (χ0) is 15.6. The van der Waals surface area contributed by atoms with Crippen LogP contribution in [0.25, 0.3) is 0 Å². The van der Waals surface area contributed by atoms with Gasteiger partial charge in [-0.2, -0.15) is 0 Å². The molecule has 1 saturated heterocycles. The molecular formula is C19H23NO2. The van der Waals surface area contributed by atoms with E-state index < -0.39 is 0 Å². The Morgan fingerprint density at radius 3 is 2.73 bits per heavy atom. The van der Waals surface area contributed by atoms with Gasteiger partial charge in [0.1, 0.15) is 6.29 Å². The second-order valence-corrected chi connectivity index (χ2v) is 7.52. The highest BCUT2D eigenvalue weighted by molar-refractivity contribution is 5.83. The number of benzene rings is 1. The van der Waals surface area contributed by atoms with Gasteiger partial charge >= 0.3 is 0 Å². The molecule has 4 atom stereocenters. The van der Waals surface area contributed by atoms with Crippen LogP contribution in [-0.4, -0.2) is 23.6 Å². The molecule has 0 bridgehead atoms. The van der Waals surface area contributed by atoms with Gasteiger partial charge in [-0.3, -0.25) is 4.79 Å². The van der Waals surface area contributed by atoms with Crippen LogP contribution in [0.1, 0.15) is 42.0 Å². The fourth-order valence-electron chi connectivity index (χ4n) is 5.36. The van der Waals surface area contributed by atoms with Crippen molar-refractivity contribution in [3.8, 4) is 0 Å². The number of aldehydes is 1. The molecule has 2 fully saturated rings. The van der Waals surface area contributed by atoms with Crippen LogP contribution in [0.3, 0.4) is 0 Å². The van der Waals surface area contributed by atoms with E-state index in [0.29, 0.717) is 12.3 Å². The second kappa shape index (κ2) is 4.43. The van der Waals surface area contributed by atoms with Gasteiger partial charge in [-0.25, -0.2) is 0 Å². The zero-order valence-electron chi connectivity index (χ0n) is 13.6. The van der Waals surface area contributed by atoms with Crippen LogP contribution in [0.4, 0.5) is 0 Å². The first-order valence-electron chi connectivity index (χ1n) is 8.35. The van der Waals surface area contributed by atoms with E-state index in [4.69, 9.17) is 0 Å². The minimum atomic E-state index is -0.214. The molecule has 1 aromatic carbocycles. The number of carbonyl (C=O) groups is 2. The molecule has 1 saturated carbocycles. The maximum Gasteiger partial charge on any atom is 0.223 e. The first-order chi connectivity index (χ1) is 10.5. The van der Waals surface area contributed by atoms with E-state index in [1.165, 1.54) is 22.3 Å². The maximum absolute atomic E-state index is 12.6. The van der Waals surface area contributed by atoms with E-state index in [-0.39, 0.29) is 23.3 Å². The third-order valence-electron chi connectivity index (χ3n) is 6.49. The van der Waals surface area contributed by atoms with Gasteiger partial charge in [0.15, 0.2) is 0 Å². The van der Waals surface area contributed by atoms with Crippen LogP contribution in [0, 0.1) is 31.6 Å². The lowest BCUT2D eigenvalue weighted by molar-refractivity contribution is -0.132. The lowest BCUT2D eigenvalue weighted by Gasteiger charge is -2.45. The Balaban J connectivity index is 1.96. The Morgan fingerprint density at radius 1 is 1.27 bits per heavy atom. The molecule has 3 aliphatic rings. The molecule has 4 rings (SSSR count). The summed E-state index contributed by atoms with van der Waals surface area (Å²) in [6.07, 6.45) is 3.52. The van der Waals surface area contributed by atoms with Crippen LogP contribution < -0.4 is 0 Å². The Morgan fingerprint density at radius 2 is 2.00 bits per heavy atom. The van der Waals surface area contributed by atoms with E-state index in [0.717, 1.165) is 25.7 Å². The first-order valence-corrected chi connectivity index (χ1v) is 8.35. The summed E-state index contributed by atoms with van der Waals surface area (Å²) >= 11 is 0. The Bertz CT molecular complexity index is 680. The van der Waals surface area contributed by atoms with Crippen molar-refractivity contribution in [2.24, 2.45) is 17.8 Å². The van der Waals surface area contributed by atoms with Crippen molar-refractivity contribution in [3.05, 3.63) is 34.4 Å². The van der Waals surface area contributed by atoms with E-state index >= 15 is 0 Å². The third-order valence-corrected chi connectivity index (χ3v) is 6.49. The largest absolute Gasteiger partial charge is 0.332 e. The molecule has 1 amide bonds. The van der Waals surface area contributed by atoms with Crippen LogP contribution in [0.5, 0.6) is 0 Å². The molecule has 1 aliphatic carbocycles. The van der Waals surface area contributed by atoms with Gasteiger partial charge in [-0.05, 0) is 54.9 Å². The van der Waals surface area contributed by atoms with Crippen LogP contribution in [0.15, 0.2) is 12.1 Å². The predicted octanol–water partition coefficient (Wildman–Crippen LogP) is 2.76. The van der Waals surface area contributed by atoms with E-state index in [2.05, 4.69) is 37.8 Å². The molecule has 1 spiro atoms. The molecular weight excluding hydrogens is 274 g/mol. The second-order valence-electron chi connectivity index (χ2n) is 7.52. The Kier molecular flexibility index (Phi) is 2.82. The van der Waals surface area contributed by atoms with Crippen molar-refractivity contribution in [1.29, 1.82) is 0 Å². The number of nitrogens with zero attached hydrogens (tertiary/aromatic N) is 1. The number of rotatable bonds is 1. The van der Waals surface area contributed by atoms with Crippen LogP contribution in [0.2, 0.25) is 0 Å². The molecule has 0 radical (unpaired) electrons.